The number of hydrogen-bond donors (Lipinski definition) is 0. The van der Waals surface area contributed by atoms with Crippen LogP contribution in [0.3, 0.4) is 0 Å². The molecular formula is C29H24F5N5O3. The highest BCUT2D eigenvalue weighted by atomic mass is 19.4. The summed E-state index contributed by atoms with van der Waals surface area (Å²) in [6.45, 7) is -2.56. The van der Waals surface area contributed by atoms with Gasteiger partial charge in [-0.05, 0) is 47.4 Å². The van der Waals surface area contributed by atoms with Gasteiger partial charge in [-0.25, -0.2) is 0 Å². The van der Waals surface area contributed by atoms with Crippen molar-refractivity contribution in [2.75, 3.05) is 32.7 Å². The van der Waals surface area contributed by atoms with Crippen LogP contribution in [-0.4, -0.2) is 71.0 Å². The highest BCUT2D eigenvalue weighted by Crippen LogP contribution is 2.39. The van der Waals surface area contributed by atoms with Gasteiger partial charge in [0, 0.05) is 55.3 Å². The van der Waals surface area contributed by atoms with E-state index in [1.165, 1.54) is 12.3 Å². The normalized spacial score (nSPS) is 16.1. The van der Waals surface area contributed by atoms with E-state index in [2.05, 4.69) is 20.8 Å². The number of nitriles is 1. The van der Waals surface area contributed by atoms with Crippen LogP contribution in [0, 0.1) is 11.3 Å². The number of carbonyl (C=O) groups excluding carboxylic acids is 1. The van der Waals surface area contributed by atoms with Crippen molar-refractivity contribution in [3.05, 3.63) is 60.1 Å². The maximum absolute atomic E-state index is 13.3. The maximum atomic E-state index is 13.3. The molecular weight excluding hydrogens is 561 g/mol. The van der Waals surface area contributed by atoms with Gasteiger partial charge in [0.1, 0.15) is 17.9 Å². The van der Waals surface area contributed by atoms with Crippen LogP contribution in [0.1, 0.15) is 28.4 Å². The number of carbonyl (C=O) groups is 1. The molecule has 6 rings (SSSR count). The molecule has 42 heavy (non-hydrogen) atoms. The third-order valence-electron chi connectivity index (χ3n) is 7.60. The van der Waals surface area contributed by atoms with Crippen LogP contribution in [0.4, 0.5) is 22.0 Å². The molecule has 4 aromatic rings. The van der Waals surface area contributed by atoms with Crippen molar-refractivity contribution in [3.8, 4) is 34.1 Å². The van der Waals surface area contributed by atoms with E-state index in [-0.39, 0.29) is 24.6 Å². The lowest BCUT2D eigenvalue weighted by Crippen LogP contribution is -2.47. The number of benzene rings is 2. The van der Waals surface area contributed by atoms with E-state index in [0.29, 0.717) is 39.0 Å². The van der Waals surface area contributed by atoms with Gasteiger partial charge in [0.15, 0.2) is 0 Å². The average Bonchev–Trinajstić information content (AvgIpc) is 3.55. The summed E-state index contributed by atoms with van der Waals surface area (Å²) in [6, 6.07) is 10.8. The quantitative estimate of drug-likeness (QED) is 0.240. The molecule has 2 aliphatic heterocycles. The van der Waals surface area contributed by atoms with E-state index in [9.17, 15) is 26.7 Å². The molecule has 0 radical (unpaired) electrons. The second kappa shape index (κ2) is 10.8. The number of furan rings is 1. The lowest BCUT2D eigenvalue weighted by atomic mass is 9.92. The molecule has 1 saturated heterocycles. The van der Waals surface area contributed by atoms with Crippen LogP contribution in [0.15, 0.2) is 53.4 Å². The number of ether oxygens (including phenoxy) is 1. The molecule has 0 spiro atoms. The lowest BCUT2D eigenvalue weighted by molar-refractivity contribution is -0.141. The van der Waals surface area contributed by atoms with Gasteiger partial charge in [-0.15, -0.1) is 0 Å². The standard InChI is InChI=1S/C29H24F5N5O3/c30-28(31)42-25-10-19(8-18-4-7-38(16-29(32,33)34)27(40)26(18)25)23-15-41-24-9-17(2-3-22(23)24)20-11-36-39(12-20)21-13-37(14-21)6-1-5-35/h2-3,8-12,15,21,28H,1,4,6-7,13-14,16H2. The molecule has 0 aliphatic carbocycles. The first-order valence-corrected chi connectivity index (χ1v) is 13.2. The molecule has 0 N–H and O–H groups in total. The maximum Gasteiger partial charge on any atom is 0.406 e. The van der Waals surface area contributed by atoms with E-state index >= 15 is 0 Å². The fourth-order valence-electron chi connectivity index (χ4n) is 5.56. The van der Waals surface area contributed by atoms with Gasteiger partial charge in [0.25, 0.3) is 5.91 Å². The first-order valence-electron chi connectivity index (χ1n) is 13.2. The highest BCUT2D eigenvalue weighted by Gasteiger charge is 2.37. The van der Waals surface area contributed by atoms with Gasteiger partial charge in [0.05, 0.1) is 30.1 Å². The van der Waals surface area contributed by atoms with E-state index in [1.807, 2.05) is 29.1 Å². The number of amides is 1. The summed E-state index contributed by atoms with van der Waals surface area (Å²) in [5.74, 6) is -1.48. The van der Waals surface area contributed by atoms with Crippen molar-refractivity contribution in [3.63, 3.8) is 0 Å². The summed E-state index contributed by atoms with van der Waals surface area (Å²) < 4.78 is 77.9. The van der Waals surface area contributed by atoms with E-state index in [4.69, 9.17) is 9.68 Å². The molecule has 4 heterocycles. The predicted octanol–water partition coefficient (Wildman–Crippen LogP) is 5.90. The summed E-state index contributed by atoms with van der Waals surface area (Å²) in [7, 11) is 0. The van der Waals surface area contributed by atoms with Gasteiger partial charge in [0.2, 0.25) is 0 Å². The smallest absolute Gasteiger partial charge is 0.406 e. The zero-order valence-corrected chi connectivity index (χ0v) is 22.1. The van der Waals surface area contributed by atoms with Crippen LogP contribution in [-0.2, 0) is 6.42 Å². The minimum absolute atomic E-state index is 0.0472. The number of likely N-dealkylation sites (tertiary alicyclic amines) is 1. The number of halogens is 5. The molecule has 0 atom stereocenters. The largest absolute Gasteiger partial charge is 0.464 e. The van der Waals surface area contributed by atoms with E-state index < -0.39 is 31.0 Å². The van der Waals surface area contributed by atoms with Gasteiger partial charge >= 0.3 is 12.8 Å². The van der Waals surface area contributed by atoms with Crippen molar-refractivity contribution < 1.29 is 35.9 Å². The Morgan fingerprint density at radius 2 is 1.95 bits per heavy atom. The molecule has 2 aliphatic rings. The lowest BCUT2D eigenvalue weighted by Gasteiger charge is -2.38. The fourth-order valence-corrected chi connectivity index (χ4v) is 5.56. The minimum atomic E-state index is -4.62. The number of aromatic nitrogens is 2. The van der Waals surface area contributed by atoms with Crippen molar-refractivity contribution in [1.29, 1.82) is 5.26 Å². The summed E-state index contributed by atoms with van der Waals surface area (Å²) in [4.78, 5) is 15.6. The number of hydrogen-bond acceptors (Lipinski definition) is 6. The Balaban J connectivity index is 1.27. The third kappa shape index (κ3) is 5.42. The number of fused-ring (bicyclic) bond motifs is 2. The van der Waals surface area contributed by atoms with Crippen molar-refractivity contribution in [2.45, 2.75) is 31.7 Å². The van der Waals surface area contributed by atoms with Crippen LogP contribution in [0.2, 0.25) is 0 Å². The van der Waals surface area contributed by atoms with Crippen LogP contribution < -0.4 is 4.74 Å². The molecule has 218 valence electrons. The van der Waals surface area contributed by atoms with Gasteiger partial charge in [-0.1, -0.05) is 6.07 Å². The summed E-state index contributed by atoms with van der Waals surface area (Å²) in [5.41, 5.74) is 3.31. The third-order valence-corrected chi connectivity index (χ3v) is 7.60. The fraction of sp³-hybridized carbons (Fsp3) is 0.345. The molecule has 13 heteroatoms. The van der Waals surface area contributed by atoms with Gasteiger partial charge < -0.3 is 14.1 Å². The number of rotatable bonds is 8. The molecule has 0 saturated carbocycles. The van der Waals surface area contributed by atoms with Gasteiger partial charge in [-0.3, -0.25) is 14.4 Å². The van der Waals surface area contributed by atoms with E-state index in [1.54, 1.807) is 12.3 Å². The van der Waals surface area contributed by atoms with Crippen molar-refractivity contribution >= 4 is 16.9 Å². The molecule has 1 amide bonds. The van der Waals surface area contributed by atoms with Gasteiger partial charge in [-0.2, -0.15) is 32.3 Å². The Hall–Kier alpha value is -4.44. The van der Waals surface area contributed by atoms with Crippen LogP contribution in [0.25, 0.3) is 33.2 Å². The molecule has 1 fully saturated rings. The Kier molecular flexibility index (Phi) is 7.10. The Morgan fingerprint density at radius 3 is 2.69 bits per heavy atom. The average molecular weight is 586 g/mol. The molecule has 0 bridgehead atoms. The minimum Gasteiger partial charge on any atom is -0.464 e. The second-order valence-corrected chi connectivity index (χ2v) is 10.4. The Morgan fingerprint density at radius 1 is 1.14 bits per heavy atom. The summed E-state index contributed by atoms with van der Waals surface area (Å²) >= 11 is 0. The molecule has 8 nitrogen and oxygen atoms in total. The Bertz CT molecular complexity index is 1680. The first-order chi connectivity index (χ1) is 20.1. The SMILES string of the molecule is N#CCCN1CC(n2cc(-c3ccc4c(-c5cc6c(c(OC(F)F)c5)C(=O)N(CC(F)(F)F)CC6)coc4c3)cn2)C1. The monoisotopic (exact) mass is 585 g/mol. The number of nitrogens with zero attached hydrogens (tertiary/aromatic N) is 5. The zero-order chi connectivity index (χ0) is 29.6. The Labute approximate surface area is 236 Å². The topological polar surface area (TPSA) is 87.5 Å². The highest BCUT2D eigenvalue weighted by molar-refractivity contribution is 6.02. The van der Waals surface area contributed by atoms with Crippen molar-refractivity contribution in [1.82, 2.24) is 19.6 Å². The predicted molar refractivity (Wildman–Crippen MR) is 141 cm³/mol. The van der Waals surface area contributed by atoms with Crippen LogP contribution >= 0.6 is 0 Å². The van der Waals surface area contributed by atoms with Crippen molar-refractivity contribution in [2.24, 2.45) is 0 Å². The molecule has 0 unspecified atom stereocenters. The zero-order valence-electron chi connectivity index (χ0n) is 22.1. The molecule has 2 aromatic carbocycles. The first kappa shape index (κ1) is 27.7. The second-order valence-electron chi connectivity index (χ2n) is 10.4. The number of alkyl halides is 5. The molecule has 2 aromatic heterocycles. The summed E-state index contributed by atoms with van der Waals surface area (Å²) in [5, 5.41) is 13.9. The van der Waals surface area contributed by atoms with E-state index in [0.717, 1.165) is 30.8 Å². The van der Waals surface area contributed by atoms with Crippen LogP contribution in [0.5, 0.6) is 5.75 Å². The summed E-state index contributed by atoms with van der Waals surface area (Å²) in [6.07, 6.45) is 1.10.